The normalized spacial score (nSPS) is 10.0. The lowest BCUT2D eigenvalue weighted by atomic mass is 10.2. The van der Waals surface area contributed by atoms with E-state index in [9.17, 15) is 9.59 Å². The van der Waals surface area contributed by atoms with Crippen molar-refractivity contribution in [1.29, 1.82) is 0 Å². The first-order valence-electron chi connectivity index (χ1n) is 5.66. The second kappa shape index (κ2) is 6.64. The van der Waals surface area contributed by atoms with Gasteiger partial charge in [-0.25, -0.2) is 4.79 Å². The standard InChI is InChI=1S/C13H17NO4/c1-9(2)13(16)14-8-12(15)18-11-7-5-4-6-10(11)17-3/h4-7,9H,8H2,1-3H3,(H,14,16). The van der Waals surface area contributed by atoms with Crippen molar-refractivity contribution < 1.29 is 19.1 Å². The lowest BCUT2D eigenvalue weighted by Gasteiger charge is -2.10. The van der Waals surface area contributed by atoms with Gasteiger partial charge in [0.15, 0.2) is 11.5 Å². The summed E-state index contributed by atoms with van der Waals surface area (Å²) < 4.78 is 10.1. The van der Waals surface area contributed by atoms with Crippen LogP contribution >= 0.6 is 0 Å². The highest BCUT2D eigenvalue weighted by Gasteiger charge is 2.12. The van der Waals surface area contributed by atoms with Crippen LogP contribution in [-0.2, 0) is 9.59 Å². The zero-order chi connectivity index (χ0) is 13.5. The maximum Gasteiger partial charge on any atom is 0.330 e. The number of para-hydroxylation sites is 2. The lowest BCUT2D eigenvalue weighted by Crippen LogP contribution is -2.34. The number of carbonyl (C=O) groups excluding carboxylic acids is 2. The van der Waals surface area contributed by atoms with Crippen LogP contribution < -0.4 is 14.8 Å². The molecule has 5 nitrogen and oxygen atoms in total. The summed E-state index contributed by atoms with van der Waals surface area (Å²) in [6.45, 7) is 3.34. The van der Waals surface area contributed by atoms with Crippen molar-refractivity contribution in [3.63, 3.8) is 0 Å². The number of benzene rings is 1. The number of hydrogen-bond acceptors (Lipinski definition) is 4. The van der Waals surface area contributed by atoms with Gasteiger partial charge in [-0.1, -0.05) is 26.0 Å². The fraction of sp³-hybridized carbons (Fsp3) is 0.385. The van der Waals surface area contributed by atoms with E-state index in [0.29, 0.717) is 11.5 Å². The molecule has 0 spiro atoms. The van der Waals surface area contributed by atoms with Gasteiger partial charge in [0.05, 0.1) is 7.11 Å². The van der Waals surface area contributed by atoms with Crippen molar-refractivity contribution in [2.45, 2.75) is 13.8 Å². The molecule has 5 heteroatoms. The molecule has 1 aromatic rings. The number of hydrogen-bond donors (Lipinski definition) is 1. The van der Waals surface area contributed by atoms with Crippen molar-refractivity contribution >= 4 is 11.9 Å². The van der Waals surface area contributed by atoms with Crippen LogP contribution in [0, 0.1) is 5.92 Å². The number of methoxy groups -OCH3 is 1. The highest BCUT2D eigenvalue weighted by Crippen LogP contribution is 2.25. The van der Waals surface area contributed by atoms with Crippen molar-refractivity contribution in [2.75, 3.05) is 13.7 Å². The number of rotatable bonds is 5. The molecular formula is C13H17NO4. The molecule has 0 heterocycles. The maximum atomic E-state index is 11.5. The molecule has 0 aliphatic heterocycles. The van der Waals surface area contributed by atoms with Crippen LogP contribution in [0.25, 0.3) is 0 Å². The van der Waals surface area contributed by atoms with Crippen molar-refractivity contribution in [3.05, 3.63) is 24.3 Å². The average Bonchev–Trinajstić information content (AvgIpc) is 2.36. The van der Waals surface area contributed by atoms with E-state index in [0.717, 1.165) is 0 Å². The molecular weight excluding hydrogens is 234 g/mol. The second-order valence-electron chi connectivity index (χ2n) is 4.00. The Balaban J connectivity index is 2.52. The smallest absolute Gasteiger partial charge is 0.330 e. The number of amides is 1. The van der Waals surface area contributed by atoms with Gasteiger partial charge in [0, 0.05) is 5.92 Å². The molecule has 1 amide bonds. The third kappa shape index (κ3) is 4.08. The van der Waals surface area contributed by atoms with Crippen LogP contribution in [0.5, 0.6) is 11.5 Å². The van der Waals surface area contributed by atoms with Gasteiger partial charge < -0.3 is 14.8 Å². The fourth-order valence-corrected chi connectivity index (χ4v) is 1.23. The molecule has 0 aromatic heterocycles. The van der Waals surface area contributed by atoms with Crippen molar-refractivity contribution in [2.24, 2.45) is 5.92 Å². The summed E-state index contributed by atoms with van der Waals surface area (Å²) in [6.07, 6.45) is 0. The predicted molar refractivity (Wildman–Crippen MR) is 66.5 cm³/mol. The van der Waals surface area contributed by atoms with E-state index in [1.165, 1.54) is 7.11 Å². The number of carbonyl (C=O) groups is 2. The molecule has 1 rings (SSSR count). The highest BCUT2D eigenvalue weighted by molar-refractivity contribution is 5.84. The molecule has 0 unspecified atom stereocenters. The van der Waals surface area contributed by atoms with E-state index >= 15 is 0 Å². The third-order valence-corrected chi connectivity index (χ3v) is 2.22. The highest BCUT2D eigenvalue weighted by atomic mass is 16.6. The summed E-state index contributed by atoms with van der Waals surface area (Å²) in [5.74, 6) is -0.0747. The van der Waals surface area contributed by atoms with E-state index in [1.54, 1.807) is 38.1 Å². The molecule has 1 aromatic carbocycles. The molecule has 0 saturated heterocycles. The first kappa shape index (κ1) is 14.0. The summed E-state index contributed by atoms with van der Waals surface area (Å²) in [5, 5.41) is 2.49. The Morgan fingerprint density at radius 2 is 1.83 bits per heavy atom. The number of ether oxygens (including phenoxy) is 2. The zero-order valence-corrected chi connectivity index (χ0v) is 10.7. The van der Waals surface area contributed by atoms with Crippen LogP contribution in [0.15, 0.2) is 24.3 Å². The largest absolute Gasteiger partial charge is 0.493 e. The molecule has 0 fully saturated rings. The minimum atomic E-state index is -0.534. The van der Waals surface area contributed by atoms with Crippen LogP contribution in [0.3, 0.4) is 0 Å². The van der Waals surface area contributed by atoms with Gasteiger partial charge in [-0.15, -0.1) is 0 Å². The SMILES string of the molecule is COc1ccccc1OC(=O)CNC(=O)C(C)C. The van der Waals surface area contributed by atoms with Gasteiger partial charge in [0.1, 0.15) is 6.54 Å². The summed E-state index contributed by atoms with van der Waals surface area (Å²) in [7, 11) is 1.49. The molecule has 18 heavy (non-hydrogen) atoms. The van der Waals surface area contributed by atoms with Gasteiger partial charge in [0.2, 0.25) is 5.91 Å². The topological polar surface area (TPSA) is 64.6 Å². The first-order valence-corrected chi connectivity index (χ1v) is 5.66. The minimum Gasteiger partial charge on any atom is -0.493 e. The third-order valence-electron chi connectivity index (χ3n) is 2.22. The molecule has 1 N–H and O–H groups in total. The summed E-state index contributed by atoms with van der Waals surface area (Å²) >= 11 is 0. The molecule has 0 aliphatic rings. The first-order chi connectivity index (χ1) is 8.54. The van der Waals surface area contributed by atoms with Gasteiger partial charge in [-0.05, 0) is 12.1 Å². The monoisotopic (exact) mass is 251 g/mol. The van der Waals surface area contributed by atoms with Gasteiger partial charge in [0.25, 0.3) is 0 Å². The van der Waals surface area contributed by atoms with Crippen molar-refractivity contribution in [1.82, 2.24) is 5.32 Å². The molecule has 0 bridgehead atoms. The fourth-order valence-electron chi connectivity index (χ4n) is 1.23. The summed E-state index contributed by atoms with van der Waals surface area (Å²) in [6, 6.07) is 6.82. The molecule has 0 atom stereocenters. The Labute approximate surface area is 106 Å². The Hall–Kier alpha value is -2.04. The molecule has 0 saturated carbocycles. The van der Waals surface area contributed by atoms with E-state index in [4.69, 9.17) is 9.47 Å². The van der Waals surface area contributed by atoms with Gasteiger partial charge in [-0.2, -0.15) is 0 Å². The van der Waals surface area contributed by atoms with Gasteiger partial charge >= 0.3 is 5.97 Å². The quantitative estimate of drug-likeness (QED) is 0.634. The summed E-state index contributed by atoms with van der Waals surface area (Å²) in [5.41, 5.74) is 0. The number of nitrogens with one attached hydrogen (secondary N) is 1. The average molecular weight is 251 g/mol. The summed E-state index contributed by atoms with van der Waals surface area (Å²) in [4.78, 5) is 22.8. The van der Waals surface area contributed by atoms with E-state index in [-0.39, 0.29) is 18.4 Å². The maximum absolute atomic E-state index is 11.5. The number of esters is 1. The second-order valence-corrected chi connectivity index (χ2v) is 4.00. The van der Waals surface area contributed by atoms with Crippen LogP contribution in [0.1, 0.15) is 13.8 Å². The van der Waals surface area contributed by atoms with E-state index in [1.807, 2.05) is 0 Å². The van der Waals surface area contributed by atoms with Crippen LogP contribution in [0.4, 0.5) is 0 Å². The van der Waals surface area contributed by atoms with Crippen LogP contribution in [-0.4, -0.2) is 25.5 Å². The zero-order valence-electron chi connectivity index (χ0n) is 10.7. The molecule has 0 aliphatic carbocycles. The van der Waals surface area contributed by atoms with Gasteiger partial charge in [-0.3, -0.25) is 4.79 Å². The van der Waals surface area contributed by atoms with Crippen molar-refractivity contribution in [3.8, 4) is 11.5 Å². The van der Waals surface area contributed by atoms with E-state index in [2.05, 4.69) is 5.32 Å². The Morgan fingerprint density at radius 1 is 1.22 bits per heavy atom. The minimum absolute atomic E-state index is 0.158. The van der Waals surface area contributed by atoms with E-state index < -0.39 is 5.97 Å². The Morgan fingerprint density at radius 3 is 2.39 bits per heavy atom. The Kier molecular flexibility index (Phi) is 5.17. The molecule has 98 valence electrons. The Bertz CT molecular complexity index is 429. The predicted octanol–water partition coefficient (Wildman–Crippen LogP) is 1.37. The molecule has 0 radical (unpaired) electrons. The van der Waals surface area contributed by atoms with Crippen LogP contribution in [0.2, 0.25) is 0 Å². The lowest BCUT2D eigenvalue weighted by molar-refractivity contribution is -0.136.